The molecule has 5 heteroatoms. The molecule has 4 nitrogen and oxygen atoms in total. The van der Waals surface area contributed by atoms with E-state index in [9.17, 15) is 4.79 Å². The Kier molecular flexibility index (Phi) is 2.72. The number of nitrogens with two attached hydrogens (primary N) is 1. The lowest BCUT2D eigenvalue weighted by Gasteiger charge is -2.04. The molecule has 1 heterocycles. The van der Waals surface area contributed by atoms with E-state index >= 15 is 0 Å². The standard InChI is InChI=1S/C8H9ClN2O2/c1-4-5(10)3-6(8(12)13-2)11-7(4)9/h3H,1-2H3,(H2,10,11). The number of carbonyl (C=O) groups is 1. The van der Waals surface area contributed by atoms with E-state index in [2.05, 4.69) is 9.72 Å². The molecule has 0 radical (unpaired) electrons. The van der Waals surface area contributed by atoms with Gasteiger partial charge in [-0.05, 0) is 13.0 Å². The molecule has 0 bridgehead atoms. The number of halogens is 1. The van der Waals surface area contributed by atoms with Gasteiger partial charge >= 0.3 is 5.97 Å². The summed E-state index contributed by atoms with van der Waals surface area (Å²) in [5.74, 6) is -0.548. The second-order valence-electron chi connectivity index (χ2n) is 2.50. The average molecular weight is 201 g/mol. The molecule has 0 spiro atoms. The van der Waals surface area contributed by atoms with Gasteiger partial charge in [-0.1, -0.05) is 11.6 Å². The van der Waals surface area contributed by atoms with Gasteiger partial charge in [0.2, 0.25) is 0 Å². The summed E-state index contributed by atoms with van der Waals surface area (Å²) in [7, 11) is 1.27. The molecular formula is C8H9ClN2O2. The van der Waals surface area contributed by atoms with Crippen LogP contribution in [0.25, 0.3) is 0 Å². The molecule has 1 aromatic rings. The van der Waals surface area contributed by atoms with Crippen molar-refractivity contribution in [3.8, 4) is 0 Å². The van der Waals surface area contributed by atoms with Crippen LogP contribution in [0.4, 0.5) is 5.69 Å². The molecule has 0 atom stereocenters. The SMILES string of the molecule is COC(=O)c1cc(N)c(C)c(Cl)n1. The Morgan fingerprint density at radius 3 is 2.77 bits per heavy atom. The molecule has 0 saturated heterocycles. The van der Waals surface area contributed by atoms with Crippen molar-refractivity contribution in [2.75, 3.05) is 12.8 Å². The van der Waals surface area contributed by atoms with Crippen molar-refractivity contribution in [1.82, 2.24) is 4.98 Å². The fraction of sp³-hybridized carbons (Fsp3) is 0.250. The molecule has 2 N–H and O–H groups in total. The molecule has 1 rings (SSSR count). The molecule has 0 fully saturated rings. The zero-order chi connectivity index (χ0) is 10.0. The minimum absolute atomic E-state index is 0.121. The summed E-state index contributed by atoms with van der Waals surface area (Å²) in [6.07, 6.45) is 0. The van der Waals surface area contributed by atoms with Crippen LogP contribution in [0.15, 0.2) is 6.07 Å². The number of carbonyl (C=O) groups excluding carboxylic acids is 1. The van der Waals surface area contributed by atoms with Crippen molar-refractivity contribution in [3.63, 3.8) is 0 Å². The van der Waals surface area contributed by atoms with Gasteiger partial charge in [0.05, 0.1) is 7.11 Å². The minimum Gasteiger partial charge on any atom is -0.464 e. The van der Waals surface area contributed by atoms with Gasteiger partial charge in [-0.3, -0.25) is 0 Å². The topological polar surface area (TPSA) is 65.2 Å². The van der Waals surface area contributed by atoms with Crippen molar-refractivity contribution in [3.05, 3.63) is 22.5 Å². The molecule has 0 unspecified atom stereocenters. The first-order valence-electron chi connectivity index (χ1n) is 3.57. The molecule has 0 aliphatic heterocycles. The lowest BCUT2D eigenvalue weighted by atomic mass is 10.2. The number of esters is 1. The Bertz CT molecular complexity index is 329. The number of hydrogen-bond donors (Lipinski definition) is 1. The van der Waals surface area contributed by atoms with Crippen molar-refractivity contribution < 1.29 is 9.53 Å². The van der Waals surface area contributed by atoms with Crippen molar-refractivity contribution in [1.29, 1.82) is 0 Å². The van der Waals surface area contributed by atoms with Gasteiger partial charge in [0.15, 0.2) is 5.69 Å². The molecule has 0 aromatic carbocycles. The van der Waals surface area contributed by atoms with E-state index in [1.165, 1.54) is 13.2 Å². The molecule has 0 saturated carbocycles. The monoisotopic (exact) mass is 200 g/mol. The summed E-state index contributed by atoms with van der Waals surface area (Å²) in [6.45, 7) is 1.73. The van der Waals surface area contributed by atoms with Crippen LogP contribution in [0.1, 0.15) is 16.1 Å². The molecule has 70 valence electrons. The quantitative estimate of drug-likeness (QED) is 0.550. The summed E-state index contributed by atoms with van der Waals surface area (Å²) in [4.78, 5) is 14.8. The predicted molar refractivity (Wildman–Crippen MR) is 49.7 cm³/mol. The van der Waals surface area contributed by atoms with Gasteiger partial charge in [0.1, 0.15) is 5.15 Å². The highest BCUT2D eigenvalue weighted by Gasteiger charge is 2.11. The Balaban J connectivity index is 3.20. The van der Waals surface area contributed by atoms with Crippen molar-refractivity contribution >= 4 is 23.3 Å². The maximum absolute atomic E-state index is 11.0. The number of anilines is 1. The lowest BCUT2D eigenvalue weighted by Crippen LogP contribution is -2.06. The molecular weight excluding hydrogens is 192 g/mol. The largest absolute Gasteiger partial charge is 0.464 e. The Morgan fingerprint density at radius 2 is 2.31 bits per heavy atom. The zero-order valence-corrected chi connectivity index (χ0v) is 8.05. The average Bonchev–Trinajstić information content (AvgIpc) is 2.12. The second kappa shape index (κ2) is 3.62. The second-order valence-corrected chi connectivity index (χ2v) is 2.86. The molecule has 0 aliphatic carbocycles. The zero-order valence-electron chi connectivity index (χ0n) is 7.30. The fourth-order valence-corrected chi connectivity index (χ4v) is 1.01. The van der Waals surface area contributed by atoms with Crippen molar-refractivity contribution in [2.24, 2.45) is 0 Å². The van der Waals surface area contributed by atoms with Crippen LogP contribution in [0.2, 0.25) is 5.15 Å². The first kappa shape index (κ1) is 9.80. The van der Waals surface area contributed by atoms with E-state index in [0.29, 0.717) is 11.3 Å². The van der Waals surface area contributed by atoms with Crippen molar-refractivity contribution in [2.45, 2.75) is 6.92 Å². The van der Waals surface area contributed by atoms with Gasteiger partial charge in [-0.2, -0.15) is 0 Å². The maximum atomic E-state index is 11.0. The number of ether oxygens (including phenoxy) is 1. The van der Waals surface area contributed by atoms with E-state index in [4.69, 9.17) is 17.3 Å². The summed E-state index contributed by atoms with van der Waals surface area (Å²) < 4.78 is 4.47. The molecule has 0 aliphatic rings. The fourth-order valence-electron chi connectivity index (χ4n) is 0.806. The third-order valence-electron chi connectivity index (χ3n) is 1.65. The van der Waals surface area contributed by atoms with Gasteiger partial charge in [-0.25, -0.2) is 9.78 Å². The predicted octanol–water partition coefficient (Wildman–Crippen LogP) is 1.41. The number of nitrogen functional groups attached to an aromatic ring is 1. The maximum Gasteiger partial charge on any atom is 0.356 e. The number of pyridine rings is 1. The number of nitrogens with zero attached hydrogens (tertiary/aromatic N) is 1. The molecule has 1 aromatic heterocycles. The van der Waals surface area contributed by atoms with E-state index in [-0.39, 0.29) is 10.8 Å². The van der Waals surface area contributed by atoms with Gasteiger partial charge in [0, 0.05) is 11.3 Å². The highest BCUT2D eigenvalue weighted by molar-refractivity contribution is 6.30. The van der Waals surface area contributed by atoms with E-state index in [1.807, 2.05) is 0 Å². The number of rotatable bonds is 1. The minimum atomic E-state index is -0.548. The Morgan fingerprint density at radius 1 is 1.69 bits per heavy atom. The normalized spacial score (nSPS) is 9.77. The summed E-state index contributed by atoms with van der Waals surface area (Å²) >= 11 is 5.72. The summed E-state index contributed by atoms with van der Waals surface area (Å²) in [6, 6.07) is 1.44. The smallest absolute Gasteiger partial charge is 0.356 e. The van der Waals surface area contributed by atoms with Crippen LogP contribution < -0.4 is 5.73 Å². The van der Waals surface area contributed by atoms with Gasteiger partial charge in [0.25, 0.3) is 0 Å². The van der Waals surface area contributed by atoms with E-state index in [1.54, 1.807) is 6.92 Å². The number of aromatic nitrogens is 1. The van der Waals surface area contributed by atoms with Gasteiger partial charge in [-0.15, -0.1) is 0 Å². The Labute approximate surface area is 80.7 Å². The third kappa shape index (κ3) is 1.89. The lowest BCUT2D eigenvalue weighted by molar-refractivity contribution is 0.0594. The van der Waals surface area contributed by atoms with Gasteiger partial charge < -0.3 is 10.5 Å². The first-order valence-corrected chi connectivity index (χ1v) is 3.95. The number of methoxy groups -OCH3 is 1. The molecule has 0 amide bonds. The van der Waals surface area contributed by atoms with Crippen LogP contribution in [0.5, 0.6) is 0 Å². The first-order chi connectivity index (χ1) is 6.06. The summed E-state index contributed by atoms with van der Waals surface area (Å²) in [5, 5.41) is 0.223. The highest BCUT2D eigenvalue weighted by Crippen LogP contribution is 2.20. The highest BCUT2D eigenvalue weighted by atomic mass is 35.5. The van der Waals surface area contributed by atoms with E-state index in [0.717, 1.165) is 0 Å². The molecule has 13 heavy (non-hydrogen) atoms. The van der Waals surface area contributed by atoms with Crippen LogP contribution in [0.3, 0.4) is 0 Å². The van der Waals surface area contributed by atoms with Crippen LogP contribution in [-0.2, 0) is 4.74 Å². The Hall–Kier alpha value is -1.29. The summed E-state index contributed by atoms with van der Waals surface area (Å²) in [5.41, 5.74) is 6.80. The number of hydrogen-bond acceptors (Lipinski definition) is 4. The third-order valence-corrected chi connectivity index (χ3v) is 2.02. The van der Waals surface area contributed by atoms with Crippen LogP contribution >= 0.6 is 11.6 Å². The van der Waals surface area contributed by atoms with Crippen LogP contribution in [0, 0.1) is 6.92 Å². The van der Waals surface area contributed by atoms with E-state index < -0.39 is 5.97 Å². The van der Waals surface area contributed by atoms with Crippen LogP contribution in [-0.4, -0.2) is 18.1 Å².